The van der Waals surface area contributed by atoms with Crippen LogP contribution in [0.1, 0.15) is 40.0 Å². The summed E-state index contributed by atoms with van der Waals surface area (Å²) in [6.45, 7) is 7.12. The molecule has 1 unspecified atom stereocenters. The van der Waals surface area contributed by atoms with Crippen LogP contribution in [0.2, 0.25) is 0 Å². The van der Waals surface area contributed by atoms with Gasteiger partial charge in [-0.1, -0.05) is 20.8 Å². The van der Waals surface area contributed by atoms with Gasteiger partial charge in [0.2, 0.25) is 5.91 Å². The number of likely N-dealkylation sites (tertiary alicyclic amines) is 1. The van der Waals surface area contributed by atoms with Gasteiger partial charge in [-0.3, -0.25) is 4.79 Å². The molecule has 0 bridgehead atoms. The maximum atomic E-state index is 11.8. The molecule has 0 saturated carbocycles. The zero-order valence-electron chi connectivity index (χ0n) is 9.42. The number of nitrogens with zero attached hydrogens (tertiary/aromatic N) is 1. The van der Waals surface area contributed by atoms with Crippen molar-refractivity contribution in [3.63, 3.8) is 0 Å². The van der Waals surface area contributed by atoms with E-state index in [1.165, 1.54) is 0 Å². The van der Waals surface area contributed by atoms with Crippen molar-refractivity contribution >= 4 is 5.91 Å². The molecule has 1 rings (SSSR count). The van der Waals surface area contributed by atoms with E-state index in [0.29, 0.717) is 6.42 Å². The molecular weight excluding hydrogens is 178 g/mol. The minimum atomic E-state index is 0.0413. The molecule has 1 aliphatic heterocycles. The Bertz CT molecular complexity index is 208. The standard InChI is InChI=1S/C11H21NO2/c1-11(2,3)7-10(14)12-6-4-5-9(12)8-13/h9,13H,4-8H2,1-3H3. The second kappa shape index (κ2) is 4.30. The number of aliphatic hydroxyl groups is 1. The molecule has 14 heavy (non-hydrogen) atoms. The molecule has 1 saturated heterocycles. The number of rotatable bonds is 2. The highest BCUT2D eigenvalue weighted by molar-refractivity contribution is 5.77. The molecule has 1 heterocycles. The molecule has 0 aromatic rings. The van der Waals surface area contributed by atoms with Crippen molar-refractivity contribution in [2.45, 2.75) is 46.1 Å². The molecule has 1 fully saturated rings. The molecule has 1 amide bonds. The van der Waals surface area contributed by atoms with Gasteiger partial charge in [-0.05, 0) is 18.3 Å². The van der Waals surface area contributed by atoms with Crippen molar-refractivity contribution in [2.24, 2.45) is 5.41 Å². The van der Waals surface area contributed by atoms with Crippen molar-refractivity contribution < 1.29 is 9.90 Å². The molecule has 1 aliphatic rings. The van der Waals surface area contributed by atoms with E-state index < -0.39 is 0 Å². The lowest BCUT2D eigenvalue weighted by Gasteiger charge is -2.27. The first kappa shape index (κ1) is 11.5. The van der Waals surface area contributed by atoms with E-state index in [4.69, 9.17) is 5.11 Å². The number of amides is 1. The van der Waals surface area contributed by atoms with Crippen LogP contribution in [0, 0.1) is 5.41 Å². The number of carbonyl (C=O) groups is 1. The Kier molecular flexibility index (Phi) is 3.53. The minimum Gasteiger partial charge on any atom is -0.394 e. The largest absolute Gasteiger partial charge is 0.394 e. The summed E-state index contributed by atoms with van der Waals surface area (Å²) in [5.41, 5.74) is 0.0413. The molecular formula is C11H21NO2. The van der Waals surface area contributed by atoms with Crippen molar-refractivity contribution in [1.29, 1.82) is 0 Å². The van der Waals surface area contributed by atoms with Crippen LogP contribution in [0.5, 0.6) is 0 Å². The van der Waals surface area contributed by atoms with Crippen LogP contribution in [-0.4, -0.2) is 35.1 Å². The predicted molar refractivity (Wildman–Crippen MR) is 55.9 cm³/mol. The first-order valence-corrected chi connectivity index (χ1v) is 5.34. The van der Waals surface area contributed by atoms with E-state index in [1.54, 1.807) is 0 Å². The molecule has 0 radical (unpaired) electrons. The number of aliphatic hydroxyl groups excluding tert-OH is 1. The summed E-state index contributed by atoms with van der Waals surface area (Å²) in [6.07, 6.45) is 2.55. The van der Waals surface area contributed by atoms with Gasteiger partial charge in [-0.2, -0.15) is 0 Å². The lowest BCUT2D eigenvalue weighted by Crippen LogP contribution is -2.39. The second-order valence-electron chi connectivity index (χ2n) is 5.30. The Morgan fingerprint density at radius 1 is 1.50 bits per heavy atom. The summed E-state index contributed by atoms with van der Waals surface area (Å²) in [5, 5.41) is 9.09. The van der Waals surface area contributed by atoms with E-state index in [0.717, 1.165) is 19.4 Å². The lowest BCUT2D eigenvalue weighted by molar-refractivity contribution is -0.134. The quantitative estimate of drug-likeness (QED) is 0.730. The lowest BCUT2D eigenvalue weighted by atomic mass is 9.91. The molecule has 1 N–H and O–H groups in total. The Morgan fingerprint density at radius 2 is 2.14 bits per heavy atom. The van der Waals surface area contributed by atoms with Gasteiger partial charge in [-0.15, -0.1) is 0 Å². The van der Waals surface area contributed by atoms with Crippen LogP contribution >= 0.6 is 0 Å². The zero-order valence-corrected chi connectivity index (χ0v) is 9.42. The van der Waals surface area contributed by atoms with E-state index in [9.17, 15) is 4.79 Å². The number of carbonyl (C=O) groups excluding carboxylic acids is 1. The Labute approximate surface area is 86.1 Å². The monoisotopic (exact) mass is 199 g/mol. The fourth-order valence-corrected chi connectivity index (χ4v) is 1.91. The highest BCUT2D eigenvalue weighted by Crippen LogP contribution is 2.24. The van der Waals surface area contributed by atoms with Gasteiger partial charge in [0.05, 0.1) is 12.6 Å². The maximum absolute atomic E-state index is 11.8. The topological polar surface area (TPSA) is 40.5 Å². The molecule has 0 aromatic heterocycles. The van der Waals surface area contributed by atoms with Gasteiger partial charge in [0, 0.05) is 13.0 Å². The van der Waals surface area contributed by atoms with Gasteiger partial charge in [-0.25, -0.2) is 0 Å². The maximum Gasteiger partial charge on any atom is 0.223 e. The molecule has 0 aromatic carbocycles. The third-order valence-electron chi connectivity index (χ3n) is 2.59. The molecule has 3 heteroatoms. The highest BCUT2D eigenvalue weighted by atomic mass is 16.3. The van der Waals surface area contributed by atoms with Crippen LogP contribution in [0.3, 0.4) is 0 Å². The average Bonchev–Trinajstić information content (AvgIpc) is 2.47. The predicted octanol–water partition coefficient (Wildman–Crippen LogP) is 1.41. The normalized spacial score (nSPS) is 22.9. The summed E-state index contributed by atoms with van der Waals surface area (Å²) in [4.78, 5) is 13.7. The summed E-state index contributed by atoms with van der Waals surface area (Å²) >= 11 is 0. The smallest absolute Gasteiger partial charge is 0.223 e. The zero-order chi connectivity index (χ0) is 10.8. The van der Waals surface area contributed by atoms with E-state index in [-0.39, 0.29) is 24.0 Å². The molecule has 0 aliphatic carbocycles. The van der Waals surface area contributed by atoms with E-state index in [1.807, 2.05) is 4.90 Å². The van der Waals surface area contributed by atoms with Gasteiger partial charge < -0.3 is 10.0 Å². The van der Waals surface area contributed by atoms with Crippen LogP contribution in [0.15, 0.2) is 0 Å². The van der Waals surface area contributed by atoms with Crippen LogP contribution in [0.4, 0.5) is 0 Å². The molecule has 0 spiro atoms. The summed E-state index contributed by atoms with van der Waals surface area (Å²) in [6, 6.07) is 0.0739. The Balaban J connectivity index is 2.52. The van der Waals surface area contributed by atoms with Gasteiger partial charge in [0.1, 0.15) is 0 Å². The SMILES string of the molecule is CC(C)(C)CC(=O)N1CCCC1CO. The van der Waals surface area contributed by atoms with Crippen LogP contribution < -0.4 is 0 Å². The Hall–Kier alpha value is -0.570. The first-order chi connectivity index (χ1) is 6.44. The molecule has 1 atom stereocenters. The van der Waals surface area contributed by atoms with Crippen LogP contribution in [0.25, 0.3) is 0 Å². The third-order valence-corrected chi connectivity index (χ3v) is 2.59. The van der Waals surface area contributed by atoms with Crippen molar-refractivity contribution in [2.75, 3.05) is 13.2 Å². The second-order valence-corrected chi connectivity index (χ2v) is 5.30. The fourth-order valence-electron chi connectivity index (χ4n) is 1.91. The number of hydrogen-bond donors (Lipinski definition) is 1. The highest BCUT2D eigenvalue weighted by Gasteiger charge is 2.29. The molecule has 3 nitrogen and oxygen atoms in total. The number of hydrogen-bond acceptors (Lipinski definition) is 2. The van der Waals surface area contributed by atoms with Crippen LogP contribution in [-0.2, 0) is 4.79 Å². The first-order valence-electron chi connectivity index (χ1n) is 5.34. The van der Waals surface area contributed by atoms with Crippen molar-refractivity contribution in [1.82, 2.24) is 4.90 Å². The fraction of sp³-hybridized carbons (Fsp3) is 0.909. The van der Waals surface area contributed by atoms with E-state index >= 15 is 0 Å². The summed E-state index contributed by atoms with van der Waals surface area (Å²) in [7, 11) is 0. The minimum absolute atomic E-state index is 0.0413. The van der Waals surface area contributed by atoms with Gasteiger partial charge >= 0.3 is 0 Å². The van der Waals surface area contributed by atoms with Crippen molar-refractivity contribution in [3.05, 3.63) is 0 Å². The summed E-state index contributed by atoms with van der Waals surface area (Å²) < 4.78 is 0. The van der Waals surface area contributed by atoms with Crippen molar-refractivity contribution in [3.8, 4) is 0 Å². The molecule has 82 valence electrons. The van der Waals surface area contributed by atoms with Gasteiger partial charge in [0.15, 0.2) is 0 Å². The third kappa shape index (κ3) is 2.98. The summed E-state index contributed by atoms with van der Waals surface area (Å²) in [5.74, 6) is 0.189. The van der Waals surface area contributed by atoms with E-state index in [2.05, 4.69) is 20.8 Å². The van der Waals surface area contributed by atoms with Gasteiger partial charge in [0.25, 0.3) is 0 Å². The Morgan fingerprint density at radius 3 is 2.64 bits per heavy atom. The average molecular weight is 199 g/mol.